The Hall–Kier alpha value is -1.84. The number of aromatic nitrogens is 1. The smallest absolute Gasteiger partial charge is 0.340 e. The third kappa shape index (κ3) is 2.82. The number of pyridine rings is 1. The van der Waals surface area contributed by atoms with Crippen molar-refractivity contribution in [2.45, 2.75) is 12.3 Å². The van der Waals surface area contributed by atoms with Crippen LogP contribution in [0.3, 0.4) is 0 Å². The van der Waals surface area contributed by atoms with Gasteiger partial charge in [-0.3, -0.25) is 0 Å². The van der Waals surface area contributed by atoms with Crippen LogP contribution < -0.4 is 4.74 Å². The molecule has 1 rings (SSSR count). The monoisotopic (exact) mass is 234 g/mol. The van der Waals surface area contributed by atoms with Gasteiger partial charge in [0, 0.05) is 6.20 Å². The van der Waals surface area contributed by atoms with Crippen LogP contribution in [0.25, 0.3) is 0 Å². The number of hydrogen-bond acceptors (Lipinski definition) is 3. The Balaban J connectivity index is 2.72. The second-order valence-corrected chi connectivity index (χ2v) is 2.82. The summed E-state index contributed by atoms with van der Waals surface area (Å²) in [7, 11) is 0. The van der Waals surface area contributed by atoms with Crippen molar-refractivity contribution in [2.75, 3.05) is 6.61 Å². The van der Waals surface area contributed by atoms with Gasteiger partial charge in [0.25, 0.3) is 0 Å². The lowest BCUT2D eigenvalue weighted by atomic mass is 10.3. The van der Waals surface area contributed by atoms with Gasteiger partial charge in [0.2, 0.25) is 5.88 Å². The van der Waals surface area contributed by atoms with Crippen molar-refractivity contribution in [1.29, 1.82) is 5.26 Å². The highest BCUT2D eigenvalue weighted by Gasteiger charge is 2.42. The molecule has 0 saturated carbocycles. The summed E-state index contributed by atoms with van der Waals surface area (Å²) in [5.74, 6) is -4.64. The molecule has 1 heterocycles. The summed E-state index contributed by atoms with van der Waals surface area (Å²) in [6.07, 6.45) is -2.61. The first-order valence-corrected chi connectivity index (χ1v) is 4.11. The molecule has 0 fully saturated rings. The van der Waals surface area contributed by atoms with E-state index in [2.05, 4.69) is 9.72 Å². The van der Waals surface area contributed by atoms with Gasteiger partial charge >= 0.3 is 12.3 Å². The maximum absolute atomic E-state index is 12.5. The minimum Gasteiger partial charge on any atom is -0.470 e. The minimum atomic E-state index is -4.26. The Labute approximate surface area is 88.3 Å². The van der Waals surface area contributed by atoms with Gasteiger partial charge in [0.1, 0.15) is 11.6 Å². The van der Waals surface area contributed by atoms with E-state index in [9.17, 15) is 17.6 Å². The fraction of sp³-hybridized carbons (Fsp3) is 0.333. The number of ether oxygens (including phenoxy) is 1. The molecule has 1 aromatic heterocycles. The number of rotatable bonds is 4. The van der Waals surface area contributed by atoms with Crippen molar-refractivity contribution >= 4 is 0 Å². The Morgan fingerprint density at radius 1 is 1.50 bits per heavy atom. The van der Waals surface area contributed by atoms with E-state index in [0.717, 1.165) is 0 Å². The largest absolute Gasteiger partial charge is 0.470 e. The zero-order valence-corrected chi connectivity index (χ0v) is 7.83. The summed E-state index contributed by atoms with van der Waals surface area (Å²) in [5.41, 5.74) is -0.0902. The van der Waals surface area contributed by atoms with E-state index in [-0.39, 0.29) is 11.4 Å². The number of alkyl halides is 4. The van der Waals surface area contributed by atoms with Gasteiger partial charge in [0.15, 0.2) is 6.61 Å². The number of nitrogens with zero attached hydrogens (tertiary/aromatic N) is 2. The van der Waals surface area contributed by atoms with Crippen molar-refractivity contribution in [3.8, 4) is 11.9 Å². The molecule has 7 heteroatoms. The van der Waals surface area contributed by atoms with Gasteiger partial charge in [-0.2, -0.15) is 14.0 Å². The molecular formula is C9H6F4N2O. The first kappa shape index (κ1) is 12.2. The molecule has 86 valence electrons. The zero-order chi connectivity index (χ0) is 12.2. The fourth-order valence-electron chi connectivity index (χ4n) is 0.819. The third-order valence-corrected chi connectivity index (χ3v) is 1.61. The topological polar surface area (TPSA) is 45.9 Å². The van der Waals surface area contributed by atoms with E-state index >= 15 is 0 Å². The van der Waals surface area contributed by atoms with Crippen LogP contribution in [-0.2, 0) is 0 Å². The number of halogens is 4. The van der Waals surface area contributed by atoms with Crippen LogP contribution >= 0.6 is 0 Å². The SMILES string of the molecule is N#Cc1cccnc1OCC(F)(F)C(F)F. The van der Waals surface area contributed by atoms with Crippen molar-refractivity contribution in [3.63, 3.8) is 0 Å². The van der Waals surface area contributed by atoms with Crippen molar-refractivity contribution in [2.24, 2.45) is 0 Å². The second-order valence-electron chi connectivity index (χ2n) is 2.82. The Kier molecular flexibility index (Phi) is 3.66. The first-order valence-electron chi connectivity index (χ1n) is 4.11. The summed E-state index contributed by atoms with van der Waals surface area (Å²) in [6, 6.07) is 4.32. The standard InChI is InChI=1S/C9H6F4N2O/c10-8(11)9(12,13)5-16-7-6(4-14)2-1-3-15-7/h1-3,8H,5H2. The lowest BCUT2D eigenvalue weighted by Gasteiger charge is -2.15. The summed E-state index contributed by atoms with van der Waals surface area (Å²) < 4.78 is 52.9. The molecule has 0 saturated heterocycles. The zero-order valence-electron chi connectivity index (χ0n) is 7.83. The van der Waals surface area contributed by atoms with Crippen LogP contribution in [0.2, 0.25) is 0 Å². The van der Waals surface area contributed by atoms with Crippen LogP contribution in [0, 0.1) is 11.3 Å². The maximum Gasteiger partial charge on any atom is 0.340 e. The Morgan fingerprint density at radius 3 is 2.75 bits per heavy atom. The predicted octanol–water partition coefficient (Wildman–Crippen LogP) is 2.23. The second kappa shape index (κ2) is 4.79. The van der Waals surface area contributed by atoms with E-state index in [1.807, 2.05) is 0 Å². The molecular weight excluding hydrogens is 228 g/mol. The quantitative estimate of drug-likeness (QED) is 0.750. The summed E-state index contributed by atoms with van der Waals surface area (Å²) in [4.78, 5) is 3.49. The molecule has 1 aromatic rings. The number of hydrogen-bond donors (Lipinski definition) is 0. The lowest BCUT2D eigenvalue weighted by Crippen LogP contribution is -2.34. The first-order chi connectivity index (χ1) is 7.47. The fourth-order valence-corrected chi connectivity index (χ4v) is 0.819. The molecule has 16 heavy (non-hydrogen) atoms. The van der Waals surface area contributed by atoms with E-state index in [1.165, 1.54) is 18.3 Å². The molecule has 0 radical (unpaired) electrons. The molecule has 0 spiro atoms. The summed E-state index contributed by atoms with van der Waals surface area (Å²) in [5, 5.41) is 8.55. The summed E-state index contributed by atoms with van der Waals surface area (Å²) >= 11 is 0. The molecule has 0 aliphatic rings. The molecule has 0 unspecified atom stereocenters. The van der Waals surface area contributed by atoms with Gasteiger partial charge < -0.3 is 4.74 Å². The Morgan fingerprint density at radius 2 is 2.19 bits per heavy atom. The maximum atomic E-state index is 12.5. The van der Waals surface area contributed by atoms with Gasteiger partial charge in [-0.1, -0.05) is 0 Å². The van der Waals surface area contributed by atoms with E-state index < -0.39 is 19.0 Å². The van der Waals surface area contributed by atoms with Gasteiger partial charge in [-0.15, -0.1) is 0 Å². The van der Waals surface area contributed by atoms with Crippen LogP contribution in [-0.4, -0.2) is 23.9 Å². The highest BCUT2D eigenvalue weighted by molar-refractivity contribution is 5.36. The normalized spacial score (nSPS) is 11.2. The molecule has 0 aliphatic heterocycles. The van der Waals surface area contributed by atoms with Crippen molar-refractivity contribution in [3.05, 3.63) is 23.9 Å². The third-order valence-electron chi connectivity index (χ3n) is 1.61. The van der Waals surface area contributed by atoms with E-state index in [4.69, 9.17) is 5.26 Å². The minimum absolute atomic E-state index is 0.0902. The molecule has 3 nitrogen and oxygen atoms in total. The van der Waals surface area contributed by atoms with Crippen molar-refractivity contribution in [1.82, 2.24) is 4.98 Å². The molecule has 0 atom stereocenters. The molecule has 0 bridgehead atoms. The average Bonchev–Trinajstić information content (AvgIpc) is 2.26. The predicted molar refractivity (Wildman–Crippen MR) is 45.4 cm³/mol. The van der Waals surface area contributed by atoms with E-state index in [0.29, 0.717) is 0 Å². The van der Waals surface area contributed by atoms with Crippen LogP contribution in [0.15, 0.2) is 18.3 Å². The van der Waals surface area contributed by atoms with Gasteiger partial charge in [-0.05, 0) is 12.1 Å². The average molecular weight is 234 g/mol. The molecule has 0 N–H and O–H groups in total. The van der Waals surface area contributed by atoms with Crippen LogP contribution in [0.5, 0.6) is 5.88 Å². The Bertz CT molecular complexity index is 403. The lowest BCUT2D eigenvalue weighted by molar-refractivity contribution is -0.148. The number of nitriles is 1. The van der Waals surface area contributed by atoms with Crippen LogP contribution in [0.4, 0.5) is 17.6 Å². The molecule has 0 aromatic carbocycles. The van der Waals surface area contributed by atoms with Gasteiger partial charge in [-0.25, -0.2) is 13.8 Å². The summed E-state index contributed by atoms with van der Waals surface area (Å²) in [6.45, 7) is -1.52. The highest BCUT2D eigenvalue weighted by Crippen LogP contribution is 2.24. The van der Waals surface area contributed by atoms with E-state index in [1.54, 1.807) is 6.07 Å². The van der Waals surface area contributed by atoms with Crippen molar-refractivity contribution < 1.29 is 22.3 Å². The molecule has 0 aliphatic carbocycles. The van der Waals surface area contributed by atoms with Crippen LogP contribution in [0.1, 0.15) is 5.56 Å². The van der Waals surface area contributed by atoms with Gasteiger partial charge in [0.05, 0.1) is 0 Å². The highest BCUT2D eigenvalue weighted by atomic mass is 19.3. The molecule has 0 amide bonds.